The van der Waals surface area contributed by atoms with E-state index >= 15 is 0 Å². The van der Waals surface area contributed by atoms with E-state index in [0.29, 0.717) is 24.5 Å². The number of hydrogen-bond donors (Lipinski definition) is 1. The summed E-state index contributed by atoms with van der Waals surface area (Å²) >= 11 is 1.51. The van der Waals surface area contributed by atoms with Crippen LogP contribution in [0.3, 0.4) is 0 Å². The normalized spacial score (nSPS) is 11.5. The van der Waals surface area contributed by atoms with Crippen LogP contribution in [0.15, 0.2) is 53.4 Å². The number of ether oxygens (including phenoxy) is 2. The van der Waals surface area contributed by atoms with E-state index in [2.05, 4.69) is 0 Å². The van der Waals surface area contributed by atoms with Crippen LogP contribution in [-0.2, 0) is 20.9 Å². The topological polar surface area (TPSA) is 76.1 Å². The zero-order chi connectivity index (χ0) is 20.5. The lowest BCUT2D eigenvalue weighted by atomic mass is 10.0. The van der Waals surface area contributed by atoms with Crippen molar-refractivity contribution in [1.29, 1.82) is 0 Å². The van der Waals surface area contributed by atoms with Crippen molar-refractivity contribution in [2.24, 2.45) is 5.92 Å². The maximum absolute atomic E-state index is 12.9. The number of amides is 1. The maximum atomic E-state index is 12.9. The third-order valence-electron chi connectivity index (χ3n) is 4.27. The largest absolute Gasteiger partial charge is 0.508 e. The zero-order valence-corrected chi connectivity index (χ0v) is 17.1. The molecule has 0 aliphatic carbocycles. The minimum Gasteiger partial charge on any atom is -0.508 e. The molecule has 0 saturated heterocycles. The molecule has 1 N–H and O–H groups in total. The number of hydrogen-bond acceptors (Lipinski definition) is 6. The van der Waals surface area contributed by atoms with E-state index in [1.54, 1.807) is 38.4 Å². The molecule has 6 nitrogen and oxygen atoms in total. The number of carbonyl (C=O) groups is 2. The number of methoxy groups -OCH3 is 2. The van der Waals surface area contributed by atoms with E-state index in [9.17, 15) is 14.7 Å². The molecule has 150 valence electrons. The van der Waals surface area contributed by atoms with E-state index in [-0.39, 0.29) is 11.7 Å². The van der Waals surface area contributed by atoms with Gasteiger partial charge in [-0.15, -0.1) is 11.8 Å². The lowest BCUT2D eigenvalue weighted by molar-refractivity contribution is -0.153. The molecule has 0 spiro atoms. The highest BCUT2D eigenvalue weighted by Crippen LogP contribution is 2.25. The molecule has 1 atom stereocenters. The lowest BCUT2D eigenvalue weighted by Crippen LogP contribution is -2.37. The Bertz CT molecular complexity index is 794. The molecule has 1 unspecified atom stereocenters. The quantitative estimate of drug-likeness (QED) is 0.393. The van der Waals surface area contributed by atoms with Crippen molar-refractivity contribution < 1.29 is 24.2 Å². The summed E-state index contributed by atoms with van der Waals surface area (Å²) in [5, 5.41) is 9.34. The van der Waals surface area contributed by atoms with Crippen LogP contribution in [0.1, 0.15) is 12.0 Å². The Balaban J connectivity index is 2.01. The Kier molecular flexibility index (Phi) is 8.19. The van der Waals surface area contributed by atoms with E-state index in [4.69, 9.17) is 9.47 Å². The molecule has 2 rings (SSSR count). The molecule has 2 aromatic rings. The van der Waals surface area contributed by atoms with Gasteiger partial charge in [-0.05, 0) is 42.5 Å². The third-order valence-corrected chi connectivity index (χ3v) is 5.32. The van der Waals surface area contributed by atoms with Gasteiger partial charge in [-0.1, -0.05) is 18.2 Å². The summed E-state index contributed by atoms with van der Waals surface area (Å²) < 4.78 is 10.2. The smallest absolute Gasteiger partial charge is 0.318 e. The van der Waals surface area contributed by atoms with Crippen LogP contribution in [0.4, 0.5) is 0 Å². The second-order valence-electron chi connectivity index (χ2n) is 6.21. The van der Waals surface area contributed by atoms with Crippen LogP contribution in [0, 0.1) is 5.92 Å². The number of esters is 1. The molecule has 0 heterocycles. The minimum atomic E-state index is -0.866. The van der Waals surface area contributed by atoms with E-state index in [1.807, 2.05) is 24.3 Å². The van der Waals surface area contributed by atoms with Gasteiger partial charge in [-0.25, -0.2) is 0 Å². The van der Waals surface area contributed by atoms with Gasteiger partial charge >= 0.3 is 5.97 Å². The Labute approximate surface area is 169 Å². The zero-order valence-electron chi connectivity index (χ0n) is 16.3. The van der Waals surface area contributed by atoms with Crippen molar-refractivity contribution in [2.45, 2.75) is 17.9 Å². The molecule has 1 amide bonds. The number of phenols is 1. The summed E-state index contributed by atoms with van der Waals surface area (Å²) in [5.41, 5.74) is 0.864. The van der Waals surface area contributed by atoms with Crippen molar-refractivity contribution in [1.82, 2.24) is 4.90 Å². The molecule has 0 aliphatic heterocycles. The van der Waals surface area contributed by atoms with Crippen molar-refractivity contribution >= 4 is 23.6 Å². The Morgan fingerprint density at radius 2 is 1.79 bits per heavy atom. The van der Waals surface area contributed by atoms with Gasteiger partial charge in [-0.3, -0.25) is 9.59 Å². The lowest BCUT2D eigenvalue weighted by Gasteiger charge is -2.23. The van der Waals surface area contributed by atoms with Crippen LogP contribution in [0.5, 0.6) is 11.5 Å². The first kappa shape index (κ1) is 21.6. The predicted octanol–water partition coefficient (Wildman–Crippen LogP) is 3.33. The van der Waals surface area contributed by atoms with Crippen LogP contribution in [0.25, 0.3) is 0 Å². The highest BCUT2D eigenvalue weighted by atomic mass is 32.2. The van der Waals surface area contributed by atoms with Crippen molar-refractivity contribution in [3.8, 4) is 11.5 Å². The van der Waals surface area contributed by atoms with E-state index in [0.717, 1.165) is 10.5 Å². The summed E-state index contributed by atoms with van der Waals surface area (Å²) in [4.78, 5) is 27.5. The molecule has 0 aliphatic rings. The summed E-state index contributed by atoms with van der Waals surface area (Å²) in [6.45, 7) is 0.335. The Morgan fingerprint density at radius 3 is 2.43 bits per heavy atom. The molecule has 0 bridgehead atoms. The van der Waals surface area contributed by atoms with Gasteiger partial charge in [-0.2, -0.15) is 0 Å². The first-order valence-electron chi connectivity index (χ1n) is 8.82. The molecular weight excluding hydrogens is 378 g/mol. The maximum Gasteiger partial charge on any atom is 0.318 e. The predicted molar refractivity (Wildman–Crippen MR) is 108 cm³/mol. The molecule has 0 fully saturated rings. The molecule has 0 radical (unpaired) electrons. The highest BCUT2D eigenvalue weighted by Gasteiger charge is 2.30. The second kappa shape index (κ2) is 10.6. The number of thioether (sulfide) groups is 1. The van der Waals surface area contributed by atoms with E-state index in [1.165, 1.54) is 23.8 Å². The first-order valence-corrected chi connectivity index (χ1v) is 9.81. The van der Waals surface area contributed by atoms with Gasteiger partial charge in [0.1, 0.15) is 17.4 Å². The number of nitrogens with zero attached hydrogens (tertiary/aromatic N) is 1. The molecule has 2 aromatic carbocycles. The number of para-hydroxylation sites is 1. The molecule has 28 heavy (non-hydrogen) atoms. The van der Waals surface area contributed by atoms with E-state index < -0.39 is 11.9 Å². The Morgan fingerprint density at radius 1 is 1.11 bits per heavy atom. The minimum absolute atomic E-state index is 0.199. The number of phenolic OH excluding ortho intramolecular Hbond substituents is 1. The van der Waals surface area contributed by atoms with Crippen molar-refractivity contribution in [3.63, 3.8) is 0 Å². The van der Waals surface area contributed by atoms with Crippen LogP contribution in [-0.4, -0.2) is 48.9 Å². The first-order chi connectivity index (χ1) is 13.5. The molecule has 0 aromatic heterocycles. The third kappa shape index (κ3) is 5.92. The standard InChI is InChI=1S/C21H25NO5S/c1-22(14-15-6-4-5-7-19(15)26-2)20(24)18(21(25)27-3)12-13-28-17-10-8-16(23)9-11-17/h4-11,18,23H,12-14H2,1-3H3. The molecule has 7 heteroatoms. The number of rotatable bonds is 9. The fraction of sp³-hybridized carbons (Fsp3) is 0.333. The molecular formula is C21H25NO5S. The van der Waals surface area contributed by atoms with Gasteiger partial charge in [0.2, 0.25) is 5.91 Å². The fourth-order valence-electron chi connectivity index (χ4n) is 2.75. The van der Waals surface area contributed by atoms with Crippen molar-refractivity contribution in [2.75, 3.05) is 27.0 Å². The Hall–Kier alpha value is -2.67. The number of benzene rings is 2. The van der Waals surface area contributed by atoms with Gasteiger partial charge in [0.05, 0.1) is 14.2 Å². The van der Waals surface area contributed by atoms with Crippen LogP contribution in [0.2, 0.25) is 0 Å². The summed E-state index contributed by atoms with van der Waals surface area (Å²) in [6, 6.07) is 14.3. The average molecular weight is 404 g/mol. The SMILES string of the molecule is COC(=O)C(CCSc1ccc(O)cc1)C(=O)N(C)Cc1ccccc1OC. The monoisotopic (exact) mass is 403 g/mol. The highest BCUT2D eigenvalue weighted by molar-refractivity contribution is 7.99. The van der Waals surface area contributed by atoms with Gasteiger partial charge < -0.3 is 19.5 Å². The average Bonchev–Trinajstić information content (AvgIpc) is 2.72. The summed E-state index contributed by atoms with van der Waals surface area (Å²) in [6.07, 6.45) is 0.354. The van der Waals surface area contributed by atoms with Crippen molar-refractivity contribution in [3.05, 3.63) is 54.1 Å². The van der Waals surface area contributed by atoms with Gasteiger partial charge in [0.25, 0.3) is 0 Å². The van der Waals surface area contributed by atoms with Gasteiger partial charge in [0.15, 0.2) is 0 Å². The number of aromatic hydroxyl groups is 1. The number of carbonyl (C=O) groups excluding carboxylic acids is 2. The second-order valence-corrected chi connectivity index (χ2v) is 7.38. The summed E-state index contributed by atoms with van der Waals surface area (Å²) in [7, 11) is 4.53. The van der Waals surface area contributed by atoms with Gasteiger partial charge in [0, 0.05) is 24.1 Å². The summed E-state index contributed by atoms with van der Waals surface area (Å²) in [5.74, 6) is -0.232. The molecule has 0 saturated carbocycles. The van der Waals surface area contributed by atoms with Crippen LogP contribution < -0.4 is 4.74 Å². The van der Waals surface area contributed by atoms with Crippen LogP contribution >= 0.6 is 11.8 Å². The fourth-order valence-corrected chi connectivity index (χ4v) is 3.67.